The van der Waals surface area contributed by atoms with E-state index >= 15 is 17.6 Å². The number of aromatic nitrogens is 2. The second kappa shape index (κ2) is 38.6. The van der Waals surface area contributed by atoms with Crippen molar-refractivity contribution in [3.8, 4) is 5.75 Å². The molecule has 4 aromatic carbocycles. The molecule has 3 saturated heterocycles. The lowest BCUT2D eigenvalue weighted by Crippen LogP contribution is -2.71. The number of nitrogens with zero attached hydrogens (tertiary/aromatic N) is 4. The summed E-state index contributed by atoms with van der Waals surface area (Å²) in [6.45, 7) is 21.6. The number of benzene rings is 4. The zero-order chi connectivity index (χ0) is 95.5. The number of anilines is 3. The summed E-state index contributed by atoms with van der Waals surface area (Å²) in [5, 5.41) is 35.0. The highest BCUT2D eigenvalue weighted by molar-refractivity contribution is 7.99. The average molecular weight is 1890 g/mol. The highest BCUT2D eigenvalue weighted by atomic mass is 32.2. The number of esters is 2. The summed E-state index contributed by atoms with van der Waals surface area (Å²) in [6.07, 6.45) is -7.21. The van der Waals surface area contributed by atoms with E-state index < -0.39 is 199 Å². The molecular formula is C95H113F12N7O17S. The summed E-state index contributed by atoms with van der Waals surface area (Å²) in [4.78, 5) is 98.0. The topological polar surface area (TPSA) is 321 Å². The number of nitrogens with one attached hydrogen (secondary N) is 2. The number of H-pyrrole nitrogens is 1. The molecule has 0 spiro atoms. The molecule has 720 valence electrons. The summed E-state index contributed by atoms with van der Waals surface area (Å²) in [5.41, 5.74) is -7.28. The molecule has 19 atom stereocenters. The number of nitrogens with two attached hydrogens (primary N) is 1. The SMILES string of the molecule is CC(=O)OCC(=O)[C@@]12OC(C)(C)O[C@@H]1C[C@H]1[C@@H]3C[C@H](F)C4=CC(=O)C=C[C@]4(C)[C@@]3(F)[C@@H](O)C[C@@]12C.CC(=O)OCC(=O)[C@@]12OC(C)(C)O[C@@H]1C[C@H]1[C@@H]3C[C@H](F)C4=CC(=O)C=C[C@]4(C)[C@@]3(F)[C@@H](O)C[C@@]12C.CNCCC(Oc1ccc(C(F)(F)F)cc1)c1ccccc1.F.Nc1[nH]c(=O)ncc1F.OCCN1CCN(CCCN2c3ccccc3Sc3ccc(C(F)(F)F)cc32)CC1. The Morgan fingerprint density at radius 2 is 1.09 bits per heavy atom. The Bertz CT molecular complexity index is 5130. The van der Waals surface area contributed by atoms with Crippen molar-refractivity contribution in [3.05, 3.63) is 184 Å². The Balaban J connectivity index is 0.000000155. The van der Waals surface area contributed by atoms with Crippen LogP contribution < -0.4 is 26.4 Å². The quantitative estimate of drug-likeness (QED) is 0.0351. The maximum atomic E-state index is 17.3. The Labute approximate surface area is 760 Å². The number of allylic oxidation sites excluding steroid dienone is 8. The number of aliphatic hydroxyl groups is 3. The van der Waals surface area contributed by atoms with Gasteiger partial charge in [-0.1, -0.05) is 80.2 Å². The van der Waals surface area contributed by atoms with Crippen molar-refractivity contribution in [3.63, 3.8) is 0 Å². The molecule has 24 nitrogen and oxygen atoms in total. The van der Waals surface area contributed by atoms with Crippen LogP contribution in [0.15, 0.2) is 165 Å². The van der Waals surface area contributed by atoms with E-state index in [4.69, 9.17) is 44.0 Å². The number of aliphatic hydroxyl groups excluding tert-OH is 3. The molecule has 5 heterocycles. The minimum Gasteiger partial charge on any atom is -0.486 e. The van der Waals surface area contributed by atoms with Crippen molar-refractivity contribution < 1.29 is 130 Å². The largest absolute Gasteiger partial charge is 0.486 e. The van der Waals surface area contributed by atoms with Crippen molar-refractivity contribution >= 4 is 64.0 Å². The normalized spacial score (nSPS) is 33.0. The highest BCUT2D eigenvalue weighted by Crippen LogP contribution is 2.75. The zero-order valence-corrected chi connectivity index (χ0v) is 75.8. The number of para-hydroxylation sites is 1. The van der Waals surface area contributed by atoms with Crippen LogP contribution in [-0.2, 0) is 69.5 Å². The van der Waals surface area contributed by atoms with E-state index in [0.29, 0.717) is 24.5 Å². The van der Waals surface area contributed by atoms with Gasteiger partial charge in [-0.3, -0.25) is 43.4 Å². The van der Waals surface area contributed by atoms with E-state index in [0.717, 1.165) is 104 Å². The van der Waals surface area contributed by atoms with Crippen LogP contribution in [0.1, 0.15) is 143 Å². The molecule has 132 heavy (non-hydrogen) atoms. The van der Waals surface area contributed by atoms with Gasteiger partial charge in [0.2, 0.25) is 11.6 Å². The number of aromatic amines is 1. The minimum atomic E-state index is -4.35. The lowest BCUT2D eigenvalue weighted by molar-refractivity contribution is -0.249. The van der Waals surface area contributed by atoms with Gasteiger partial charge in [0.05, 0.1) is 59.7 Å². The van der Waals surface area contributed by atoms with Gasteiger partial charge in [0.15, 0.2) is 64.7 Å². The van der Waals surface area contributed by atoms with Gasteiger partial charge >= 0.3 is 30.0 Å². The standard InChI is InChI=1S/2C26H32F2O7.C22H26F3N3OS.C17H18F3NO.C4H4FN3O.FH/c2*1-13(29)33-12-20(32)26-21(34-22(2,3)35-26)10-15-16-9-18(27)17-8-14(30)6-7-23(17,4)25(16,28)19(31)11-24(15,26)5;23-22(24,25)17-6-7-21-19(16-17)28(18-4-1-2-5-20(18)30-21)9-3-8-26-10-12-27(13-11-26)14-15-29;1-21-12-11-16(13-5-3-2-4-6-13)22-15-9-7-14(8-10-15)17(18,19)20;5-2-1-7-4(9)8-3(2)6;/h2*6-8,15-16,18-19,21,31H,9-12H2,1-5H3;1-2,4-7,16,29H,3,8-15H2;2-10,16,21H,11-12H2,1H3;1H,(H3,6,7,8,9);1H/t2*15-,16-,18-,19-,21+,23-,24-,25-,26+;;;;/m00..../s1. The van der Waals surface area contributed by atoms with E-state index in [1.165, 1.54) is 88.0 Å². The molecule has 1 aromatic heterocycles. The van der Waals surface area contributed by atoms with Crippen molar-refractivity contribution in [1.82, 2.24) is 25.1 Å². The van der Waals surface area contributed by atoms with E-state index in [-0.39, 0.29) is 72.9 Å². The van der Waals surface area contributed by atoms with E-state index in [1.807, 2.05) is 71.5 Å². The van der Waals surface area contributed by atoms with Crippen LogP contribution in [0, 0.1) is 51.1 Å². The van der Waals surface area contributed by atoms with Crippen LogP contribution in [0.3, 0.4) is 0 Å². The zero-order valence-electron chi connectivity index (χ0n) is 75.0. The number of piperazine rings is 1. The van der Waals surface area contributed by atoms with Gasteiger partial charge in [-0.15, -0.1) is 0 Å². The predicted molar refractivity (Wildman–Crippen MR) is 462 cm³/mol. The number of carbonyl (C=O) groups excluding carboxylic acids is 6. The molecule has 17 rings (SSSR count). The molecule has 0 amide bonds. The maximum absolute atomic E-state index is 17.3. The Morgan fingerprint density at radius 3 is 1.55 bits per heavy atom. The Morgan fingerprint density at radius 1 is 0.629 bits per heavy atom. The monoisotopic (exact) mass is 1880 g/mol. The maximum Gasteiger partial charge on any atom is 0.416 e. The van der Waals surface area contributed by atoms with Gasteiger partial charge in [-0.25, -0.2) is 26.7 Å². The average Bonchev–Trinajstić information content (AvgIpc) is 1.48. The summed E-state index contributed by atoms with van der Waals surface area (Å²) < 4.78 is 196. The smallest absolute Gasteiger partial charge is 0.416 e. The van der Waals surface area contributed by atoms with Gasteiger partial charge in [0.1, 0.15) is 30.0 Å². The van der Waals surface area contributed by atoms with Crippen LogP contribution in [0.5, 0.6) is 5.75 Å². The molecule has 0 radical (unpaired) electrons. The summed E-state index contributed by atoms with van der Waals surface area (Å²) >= 11 is 1.53. The van der Waals surface area contributed by atoms with Crippen LogP contribution in [-0.4, -0.2) is 220 Å². The molecule has 4 aliphatic heterocycles. The van der Waals surface area contributed by atoms with Crippen LogP contribution in [0.4, 0.5) is 70.2 Å². The number of halogens is 12. The lowest BCUT2D eigenvalue weighted by atomic mass is 9.44. The fourth-order valence-electron chi connectivity index (χ4n) is 22.7. The van der Waals surface area contributed by atoms with Crippen molar-refractivity contribution in [2.24, 2.45) is 45.3 Å². The fraction of sp³-hybridized carbons (Fsp3) is 0.558. The fourth-order valence-corrected chi connectivity index (χ4v) is 23.8. The number of Topliss-reactive ketones (excluding diaryl/α,β-unsaturated/α-hetero) is 2. The Kier molecular flexibility index (Phi) is 29.7. The highest BCUT2D eigenvalue weighted by Gasteiger charge is 2.83. The number of nitrogen functional groups attached to an aromatic ring is 1. The van der Waals surface area contributed by atoms with Gasteiger partial charge in [0, 0.05) is 103 Å². The van der Waals surface area contributed by atoms with E-state index in [9.17, 15) is 74.5 Å². The molecule has 9 fully saturated rings. The first-order chi connectivity index (χ1) is 61.4. The molecule has 6 saturated carbocycles. The number of hydrogen-bond donors (Lipinski definition) is 6. The number of ether oxygens (including phenoxy) is 7. The number of ketones is 4. The first kappa shape index (κ1) is 102. The van der Waals surface area contributed by atoms with Gasteiger partial charge in [-0.2, -0.15) is 31.3 Å². The number of carbonyl (C=O) groups is 6. The molecule has 5 aromatic rings. The molecule has 7 N–H and O–H groups in total. The number of rotatable bonds is 18. The first-order valence-corrected chi connectivity index (χ1v) is 44.6. The molecule has 37 heteroatoms. The third-order valence-electron chi connectivity index (χ3n) is 28.7. The third-order valence-corrected chi connectivity index (χ3v) is 29.8. The van der Waals surface area contributed by atoms with Crippen LogP contribution >= 0.6 is 11.8 Å². The predicted octanol–water partition coefficient (Wildman–Crippen LogP) is 14.3. The number of alkyl halides is 10. The number of fused-ring (bicyclic) bond motifs is 16. The molecule has 1 unspecified atom stereocenters. The lowest BCUT2D eigenvalue weighted by Gasteiger charge is -2.63. The Hall–Kier alpha value is -9.15. The molecular weight excluding hydrogens is 1770 g/mol. The molecule has 12 aliphatic rings. The van der Waals surface area contributed by atoms with Gasteiger partial charge in [-0.05, 0) is 214 Å². The van der Waals surface area contributed by atoms with Crippen molar-refractivity contribution in [1.29, 1.82) is 0 Å². The third kappa shape index (κ3) is 18.9. The van der Waals surface area contributed by atoms with Gasteiger partial charge in [0.25, 0.3) is 0 Å². The van der Waals surface area contributed by atoms with E-state index in [2.05, 4.69) is 20.1 Å². The molecule has 8 aliphatic carbocycles. The summed E-state index contributed by atoms with van der Waals surface area (Å²) in [7, 11) is 1.85. The summed E-state index contributed by atoms with van der Waals surface area (Å²) in [5.74, 6) is -9.03. The molecule has 0 bridgehead atoms. The number of hydrogen-bond acceptors (Lipinski definition) is 24. The van der Waals surface area contributed by atoms with E-state index in [1.54, 1.807) is 47.6 Å². The van der Waals surface area contributed by atoms with Crippen LogP contribution in [0.2, 0.25) is 0 Å². The minimum absolute atomic E-state index is 0. The number of β-amino-alcohol motifs (C(OH)–C–C–N with tert-alkyl or cyclic N) is 1. The van der Waals surface area contributed by atoms with Crippen LogP contribution in [0.25, 0.3) is 0 Å². The second-order valence-electron chi connectivity index (χ2n) is 37.3. The van der Waals surface area contributed by atoms with Crippen molar-refractivity contribution in [2.75, 3.05) is 89.9 Å². The van der Waals surface area contributed by atoms with Crippen molar-refractivity contribution in [2.45, 2.75) is 220 Å². The second-order valence-corrected chi connectivity index (χ2v) is 38.4. The summed E-state index contributed by atoms with van der Waals surface area (Å²) in [6, 6.07) is 26.4. The first-order valence-electron chi connectivity index (χ1n) is 43.8. The van der Waals surface area contributed by atoms with Gasteiger partial charge < -0.3 is 69.3 Å².